The van der Waals surface area contributed by atoms with Crippen LogP contribution in [0.2, 0.25) is 0 Å². The van der Waals surface area contributed by atoms with E-state index in [1.807, 2.05) is 23.7 Å². The largest absolute Gasteiger partial charge is 0.494 e. The quantitative estimate of drug-likeness (QED) is 0.385. The van der Waals surface area contributed by atoms with E-state index >= 15 is 0 Å². The Kier molecular flexibility index (Phi) is 7.22. The van der Waals surface area contributed by atoms with E-state index in [4.69, 9.17) is 14.5 Å². The van der Waals surface area contributed by atoms with E-state index in [0.717, 1.165) is 34.5 Å². The maximum Gasteiger partial charge on any atom is 0.408 e. The van der Waals surface area contributed by atoms with Gasteiger partial charge >= 0.3 is 6.09 Å². The second kappa shape index (κ2) is 10.5. The molecule has 0 unspecified atom stereocenters. The van der Waals surface area contributed by atoms with E-state index in [1.165, 1.54) is 0 Å². The van der Waals surface area contributed by atoms with Gasteiger partial charge in [-0.25, -0.2) is 9.78 Å². The number of piperidine rings is 1. The summed E-state index contributed by atoms with van der Waals surface area (Å²) in [7, 11) is 3.53. The Morgan fingerprint density at radius 1 is 1.18 bits per heavy atom. The number of benzene rings is 2. The lowest BCUT2D eigenvalue weighted by Gasteiger charge is -2.36. The summed E-state index contributed by atoms with van der Waals surface area (Å²) in [5, 5.41) is 14.4. The minimum atomic E-state index is -0.780. The first-order valence-electron chi connectivity index (χ1n) is 13.6. The third kappa shape index (κ3) is 5.11. The summed E-state index contributed by atoms with van der Waals surface area (Å²) in [5.41, 5.74) is 3.32. The molecule has 3 heterocycles. The molecule has 0 saturated carbocycles. The third-order valence-electron chi connectivity index (χ3n) is 7.32. The molecule has 2 aromatic carbocycles. The smallest absolute Gasteiger partial charge is 0.408 e. The van der Waals surface area contributed by atoms with Crippen LogP contribution in [0.4, 0.5) is 4.79 Å². The summed E-state index contributed by atoms with van der Waals surface area (Å²) in [4.78, 5) is 32.6. The van der Waals surface area contributed by atoms with Gasteiger partial charge in [-0.1, -0.05) is 18.2 Å². The van der Waals surface area contributed by atoms with E-state index in [0.29, 0.717) is 29.8 Å². The normalized spacial score (nSPS) is 17.8. The zero-order valence-corrected chi connectivity index (χ0v) is 23.9. The summed E-state index contributed by atoms with van der Waals surface area (Å²) in [5.74, 6) is 1.10. The Morgan fingerprint density at radius 3 is 2.62 bits per heavy atom. The summed E-state index contributed by atoms with van der Waals surface area (Å²) in [6, 6.07) is 13.2. The predicted molar refractivity (Wildman–Crippen MR) is 154 cm³/mol. The second-order valence-corrected chi connectivity index (χ2v) is 11.2. The number of carbonyl (C=O) groups is 2. The second-order valence-electron chi connectivity index (χ2n) is 11.2. The zero-order chi connectivity index (χ0) is 28.8. The van der Waals surface area contributed by atoms with Gasteiger partial charge in [0, 0.05) is 43.1 Å². The van der Waals surface area contributed by atoms with Crippen LogP contribution in [0, 0.1) is 0 Å². The molecule has 1 aliphatic heterocycles. The molecule has 1 saturated heterocycles. The molecular formula is C30H37N5O5. The fourth-order valence-corrected chi connectivity index (χ4v) is 5.46. The van der Waals surface area contributed by atoms with Gasteiger partial charge in [0.05, 0.1) is 30.5 Å². The number of likely N-dealkylation sites (tertiary alicyclic amines) is 1. The van der Waals surface area contributed by atoms with Crippen molar-refractivity contribution in [3.63, 3.8) is 0 Å². The minimum absolute atomic E-state index is 0.156. The SMILES string of the molecule is CCn1c(-c2nc3cc(C(=O)N4CC[C@@H](O)[C@@H](NC(=O)OC(C)(C)C)C4)cc(OC)c3n2C)cc2ccccc21. The molecule has 40 heavy (non-hydrogen) atoms. The van der Waals surface area contributed by atoms with E-state index in [9.17, 15) is 14.7 Å². The van der Waals surface area contributed by atoms with E-state index < -0.39 is 23.8 Å². The van der Waals surface area contributed by atoms with Crippen molar-refractivity contribution < 1.29 is 24.2 Å². The highest BCUT2D eigenvalue weighted by Crippen LogP contribution is 2.34. The van der Waals surface area contributed by atoms with Crippen molar-refractivity contribution in [2.45, 2.75) is 58.4 Å². The molecular weight excluding hydrogens is 510 g/mol. The van der Waals surface area contributed by atoms with Crippen LogP contribution in [0.3, 0.4) is 0 Å². The van der Waals surface area contributed by atoms with Crippen molar-refractivity contribution in [2.24, 2.45) is 7.05 Å². The first-order valence-corrected chi connectivity index (χ1v) is 13.6. The van der Waals surface area contributed by atoms with Crippen molar-refractivity contribution in [1.29, 1.82) is 0 Å². The van der Waals surface area contributed by atoms with Crippen LogP contribution in [0.1, 0.15) is 44.5 Å². The molecule has 2 amide bonds. The monoisotopic (exact) mass is 547 g/mol. The average molecular weight is 548 g/mol. The van der Waals surface area contributed by atoms with Gasteiger partial charge in [0.25, 0.3) is 5.91 Å². The Labute approximate surface area is 233 Å². The highest BCUT2D eigenvalue weighted by Gasteiger charge is 2.33. The summed E-state index contributed by atoms with van der Waals surface area (Å²) >= 11 is 0. The van der Waals surface area contributed by atoms with Crippen molar-refractivity contribution in [3.05, 3.63) is 48.0 Å². The van der Waals surface area contributed by atoms with Crippen LogP contribution in [0.5, 0.6) is 5.75 Å². The number of rotatable bonds is 5. The number of amides is 2. The maximum atomic E-state index is 13.7. The molecule has 5 rings (SSSR count). The first-order chi connectivity index (χ1) is 19.0. The Balaban J connectivity index is 1.47. The molecule has 4 aromatic rings. The van der Waals surface area contributed by atoms with Crippen LogP contribution in [0.15, 0.2) is 42.5 Å². The zero-order valence-electron chi connectivity index (χ0n) is 23.9. The number of nitrogens with one attached hydrogen (secondary N) is 1. The molecule has 0 radical (unpaired) electrons. The van der Waals surface area contributed by atoms with Crippen LogP contribution < -0.4 is 10.1 Å². The number of aliphatic hydroxyl groups excluding tert-OH is 1. The number of imidazole rings is 1. The van der Waals surface area contributed by atoms with Crippen molar-refractivity contribution in [1.82, 2.24) is 24.3 Å². The molecule has 1 fully saturated rings. The van der Waals surface area contributed by atoms with Crippen molar-refractivity contribution in [2.75, 3.05) is 20.2 Å². The molecule has 2 atom stereocenters. The predicted octanol–water partition coefficient (Wildman–Crippen LogP) is 4.32. The number of nitrogens with zero attached hydrogens (tertiary/aromatic N) is 4. The van der Waals surface area contributed by atoms with E-state index in [2.05, 4.69) is 35.0 Å². The maximum absolute atomic E-state index is 13.7. The van der Waals surface area contributed by atoms with Gasteiger partial charge in [-0.2, -0.15) is 0 Å². The molecule has 2 N–H and O–H groups in total. The molecule has 0 spiro atoms. The lowest BCUT2D eigenvalue weighted by molar-refractivity contribution is 0.0210. The lowest BCUT2D eigenvalue weighted by Crippen LogP contribution is -2.57. The number of para-hydroxylation sites is 1. The number of fused-ring (bicyclic) bond motifs is 2. The van der Waals surface area contributed by atoms with Crippen LogP contribution in [0.25, 0.3) is 33.5 Å². The van der Waals surface area contributed by atoms with Crippen molar-refractivity contribution in [3.8, 4) is 17.3 Å². The fraction of sp³-hybridized carbons (Fsp3) is 0.433. The highest BCUT2D eigenvalue weighted by atomic mass is 16.6. The average Bonchev–Trinajstić information content (AvgIpc) is 3.45. The number of aliphatic hydroxyl groups is 1. The molecule has 10 heteroatoms. The number of carbonyl (C=O) groups excluding carboxylic acids is 2. The molecule has 0 aliphatic carbocycles. The van der Waals surface area contributed by atoms with Crippen LogP contribution in [-0.2, 0) is 18.3 Å². The molecule has 10 nitrogen and oxygen atoms in total. The van der Waals surface area contributed by atoms with E-state index in [-0.39, 0.29) is 12.5 Å². The van der Waals surface area contributed by atoms with Gasteiger partial charge in [-0.3, -0.25) is 4.79 Å². The molecule has 212 valence electrons. The summed E-state index contributed by atoms with van der Waals surface area (Å²) < 4.78 is 15.3. The topological polar surface area (TPSA) is 111 Å². The number of alkyl carbamates (subject to hydrolysis) is 1. The molecule has 1 aliphatic rings. The molecule has 2 aromatic heterocycles. The number of methoxy groups -OCH3 is 1. The minimum Gasteiger partial charge on any atom is -0.494 e. The van der Waals surface area contributed by atoms with Gasteiger partial charge in [0.1, 0.15) is 16.9 Å². The van der Waals surface area contributed by atoms with Crippen molar-refractivity contribution >= 4 is 33.9 Å². The highest BCUT2D eigenvalue weighted by molar-refractivity contribution is 6.00. The lowest BCUT2D eigenvalue weighted by atomic mass is 10.0. The van der Waals surface area contributed by atoms with Crippen LogP contribution in [-0.4, -0.2) is 74.1 Å². The van der Waals surface area contributed by atoms with Gasteiger partial charge < -0.3 is 33.9 Å². The summed E-state index contributed by atoms with van der Waals surface area (Å²) in [6.07, 6.45) is -1.07. The van der Waals surface area contributed by atoms with Gasteiger partial charge in [-0.15, -0.1) is 0 Å². The Bertz CT molecular complexity index is 1580. The van der Waals surface area contributed by atoms with E-state index in [1.54, 1.807) is 44.9 Å². The van der Waals surface area contributed by atoms with Gasteiger partial charge in [0.15, 0.2) is 5.82 Å². The third-order valence-corrected chi connectivity index (χ3v) is 7.32. The Hall–Kier alpha value is -4.05. The number of hydrogen-bond acceptors (Lipinski definition) is 6. The number of aryl methyl sites for hydroxylation is 2. The van der Waals surface area contributed by atoms with Crippen LogP contribution >= 0.6 is 0 Å². The first kappa shape index (κ1) is 27.5. The number of ether oxygens (including phenoxy) is 2. The molecule has 0 bridgehead atoms. The summed E-state index contributed by atoms with van der Waals surface area (Å²) in [6.45, 7) is 8.72. The van der Waals surface area contributed by atoms with Gasteiger partial charge in [-0.05, 0) is 58.4 Å². The van der Waals surface area contributed by atoms with Gasteiger partial charge in [0.2, 0.25) is 0 Å². The number of hydrogen-bond donors (Lipinski definition) is 2. The standard InChI is InChI=1S/C30H37N5O5/c1-7-35-22-11-9-8-10-18(22)15-23(35)27-31-20-14-19(16-25(39-6)26(20)33(27)5)28(37)34-13-12-24(36)21(17-34)32-29(38)40-30(2,3)4/h8-11,14-16,21,24,36H,7,12-13,17H2,1-6H3,(H,32,38)/t21-,24+/m0/s1. The Morgan fingerprint density at radius 2 is 1.93 bits per heavy atom. The number of aromatic nitrogens is 3. The fourth-order valence-electron chi connectivity index (χ4n) is 5.46.